The molecule has 0 aliphatic heterocycles. The smallest absolute Gasteiger partial charge is 0.324 e. The van der Waals surface area contributed by atoms with E-state index < -0.39 is 17.6 Å². The number of carbonyl (C=O) groups excluding carboxylic acids is 2. The van der Waals surface area contributed by atoms with E-state index in [4.69, 9.17) is 11.6 Å². The third-order valence-electron chi connectivity index (χ3n) is 3.02. The van der Waals surface area contributed by atoms with Gasteiger partial charge in [-0.15, -0.1) is 10.2 Å². The van der Waals surface area contributed by atoms with Gasteiger partial charge in [-0.1, -0.05) is 41.6 Å². The van der Waals surface area contributed by atoms with E-state index in [1.54, 1.807) is 0 Å². The second-order valence-electron chi connectivity index (χ2n) is 5.20. The first-order valence-corrected chi connectivity index (χ1v) is 9.79. The number of hydrogen-bond acceptors (Lipinski definition) is 6. The second-order valence-corrected chi connectivity index (χ2v) is 7.81. The van der Waals surface area contributed by atoms with Crippen molar-refractivity contribution in [3.8, 4) is 0 Å². The molecule has 0 bridgehead atoms. The first-order chi connectivity index (χ1) is 12.7. The Balaban J connectivity index is 1.92. The summed E-state index contributed by atoms with van der Waals surface area (Å²) in [5.74, 6) is -0.834. The quantitative estimate of drug-likeness (QED) is 0.484. The van der Waals surface area contributed by atoms with Gasteiger partial charge in [0.15, 0.2) is 4.34 Å². The lowest BCUT2D eigenvalue weighted by molar-refractivity contribution is -0.137. The number of hydrogen-bond donors (Lipinski definition) is 2. The van der Waals surface area contributed by atoms with Crippen molar-refractivity contribution in [3.05, 3.63) is 28.8 Å². The highest BCUT2D eigenvalue weighted by Crippen LogP contribution is 2.34. The van der Waals surface area contributed by atoms with Crippen LogP contribution in [0.1, 0.15) is 25.3 Å². The molecule has 0 atom stereocenters. The van der Waals surface area contributed by atoms with Gasteiger partial charge in [-0.25, -0.2) is 0 Å². The number of alkyl halides is 3. The minimum atomic E-state index is -4.54. The van der Waals surface area contributed by atoms with Crippen molar-refractivity contribution in [2.75, 3.05) is 16.4 Å². The summed E-state index contributed by atoms with van der Waals surface area (Å²) in [4.78, 5) is 23.5. The number of anilines is 2. The van der Waals surface area contributed by atoms with Crippen LogP contribution in [0.15, 0.2) is 22.5 Å². The summed E-state index contributed by atoms with van der Waals surface area (Å²) >= 11 is 7.97. The van der Waals surface area contributed by atoms with Gasteiger partial charge in [0.2, 0.25) is 16.9 Å². The highest BCUT2D eigenvalue weighted by atomic mass is 35.5. The molecular formula is C15H14ClF3N4O2S2. The SMILES string of the molecule is CCCC(=O)Nc1nnc(SCC(=O)Nc2cc(C(F)(F)F)ccc2Cl)s1. The Labute approximate surface area is 165 Å². The van der Waals surface area contributed by atoms with E-state index in [1.807, 2.05) is 6.92 Å². The molecule has 0 aliphatic rings. The summed E-state index contributed by atoms with van der Waals surface area (Å²) in [7, 11) is 0. The van der Waals surface area contributed by atoms with Gasteiger partial charge in [0.25, 0.3) is 0 Å². The Morgan fingerprint density at radius 3 is 2.63 bits per heavy atom. The topological polar surface area (TPSA) is 84.0 Å². The summed E-state index contributed by atoms with van der Waals surface area (Å²) < 4.78 is 38.7. The molecule has 2 N–H and O–H groups in total. The third kappa shape index (κ3) is 6.67. The van der Waals surface area contributed by atoms with Gasteiger partial charge in [0.05, 0.1) is 22.0 Å². The first kappa shape index (κ1) is 21.5. The molecule has 1 heterocycles. The van der Waals surface area contributed by atoms with Crippen molar-refractivity contribution >= 4 is 57.3 Å². The molecule has 146 valence electrons. The summed E-state index contributed by atoms with van der Waals surface area (Å²) in [5.41, 5.74) is -1.03. The standard InChI is InChI=1S/C15H14ClF3N4O2S2/c1-2-3-11(24)21-13-22-23-14(27-13)26-7-12(25)20-10-6-8(15(17,18)19)4-5-9(10)16/h4-6H,2-3,7H2,1H3,(H,20,25)(H,21,22,24). The van der Waals surface area contributed by atoms with Crippen molar-refractivity contribution < 1.29 is 22.8 Å². The zero-order valence-corrected chi connectivity index (χ0v) is 16.3. The lowest BCUT2D eigenvalue weighted by Crippen LogP contribution is -2.15. The molecular weight excluding hydrogens is 425 g/mol. The van der Waals surface area contributed by atoms with Crippen LogP contribution in [0.2, 0.25) is 5.02 Å². The molecule has 12 heteroatoms. The molecule has 6 nitrogen and oxygen atoms in total. The number of aromatic nitrogens is 2. The second kappa shape index (κ2) is 9.38. The zero-order chi connectivity index (χ0) is 20.0. The van der Waals surface area contributed by atoms with Crippen molar-refractivity contribution in [1.29, 1.82) is 0 Å². The number of rotatable bonds is 7. The Bertz CT molecular complexity index is 830. The summed E-state index contributed by atoms with van der Waals surface area (Å²) in [6, 6.07) is 2.68. The predicted molar refractivity (Wildman–Crippen MR) is 99.3 cm³/mol. The van der Waals surface area contributed by atoms with Gasteiger partial charge in [-0.05, 0) is 24.6 Å². The Hall–Kier alpha value is -1.85. The summed E-state index contributed by atoms with van der Waals surface area (Å²) in [6.07, 6.45) is -3.48. The monoisotopic (exact) mass is 438 g/mol. The maximum absolute atomic E-state index is 12.7. The van der Waals surface area contributed by atoms with E-state index in [1.165, 1.54) is 0 Å². The van der Waals surface area contributed by atoms with Gasteiger partial charge < -0.3 is 10.6 Å². The molecule has 2 rings (SSSR count). The van der Waals surface area contributed by atoms with E-state index in [9.17, 15) is 22.8 Å². The molecule has 27 heavy (non-hydrogen) atoms. The van der Waals surface area contributed by atoms with Gasteiger partial charge in [0, 0.05) is 6.42 Å². The van der Waals surface area contributed by atoms with E-state index >= 15 is 0 Å². The van der Waals surface area contributed by atoms with Crippen LogP contribution >= 0.6 is 34.7 Å². The molecule has 2 aromatic rings. The lowest BCUT2D eigenvalue weighted by Gasteiger charge is -2.11. The minimum absolute atomic E-state index is 0.00168. The average Bonchev–Trinajstić information content (AvgIpc) is 3.01. The molecule has 0 aliphatic carbocycles. The summed E-state index contributed by atoms with van der Waals surface area (Å²) in [5, 5.41) is 12.9. The van der Waals surface area contributed by atoms with Crippen molar-refractivity contribution in [2.45, 2.75) is 30.3 Å². The molecule has 0 saturated heterocycles. The van der Waals surface area contributed by atoms with Gasteiger partial charge in [-0.3, -0.25) is 9.59 Å². The van der Waals surface area contributed by atoms with E-state index in [0.717, 1.165) is 41.3 Å². The van der Waals surface area contributed by atoms with E-state index in [-0.39, 0.29) is 22.4 Å². The van der Waals surface area contributed by atoms with Crippen LogP contribution in [0.25, 0.3) is 0 Å². The molecule has 1 aromatic carbocycles. The molecule has 1 aromatic heterocycles. The van der Waals surface area contributed by atoms with Crippen molar-refractivity contribution in [3.63, 3.8) is 0 Å². The average molecular weight is 439 g/mol. The Morgan fingerprint density at radius 2 is 1.96 bits per heavy atom. The highest BCUT2D eigenvalue weighted by Gasteiger charge is 2.31. The lowest BCUT2D eigenvalue weighted by atomic mass is 10.2. The number of amides is 2. The maximum Gasteiger partial charge on any atom is 0.416 e. The molecule has 0 fully saturated rings. The number of carbonyl (C=O) groups is 2. The minimum Gasteiger partial charge on any atom is -0.324 e. The normalized spacial score (nSPS) is 11.3. The number of nitrogens with zero attached hydrogens (tertiary/aromatic N) is 2. The molecule has 2 amide bonds. The number of halogens is 4. The molecule has 0 radical (unpaired) electrons. The van der Waals surface area contributed by atoms with Crippen LogP contribution in [0.4, 0.5) is 24.0 Å². The Morgan fingerprint density at radius 1 is 1.22 bits per heavy atom. The van der Waals surface area contributed by atoms with Crippen LogP contribution in [0.5, 0.6) is 0 Å². The van der Waals surface area contributed by atoms with E-state index in [0.29, 0.717) is 22.3 Å². The van der Waals surface area contributed by atoms with Crippen molar-refractivity contribution in [1.82, 2.24) is 10.2 Å². The fourth-order valence-electron chi connectivity index (χ4n) is 1.84. The van der Waals surface area contributed by atoms with Gasteiger partial charge in [0.1, 0.15) is 0 Å². The zero-order valence-electron chi connectivity index (χ0n) is 13.9. The third-order valence-corrected chi connectivity index (χ3v) is 5.33. The maximum atomic E-state index is 12.7. The van der Waals surface area contributed by atoms with Crippen LogP contribution < -0.4 is 10.6 Å². The first-order valence-electron chi connectivity index (χ1n) is 7.61. The van der Waals surface area contributed by atoms with Crippen LogP contribution in [0.3, 0.4) is 0 Å². The highest BCUT2D eigenvalue weighted by molar-refractivity contribution is 8.01. The molecule has 0 unspecified atom stereocenters. The van der Waals surface area contributed by atoms with Gasteiger partial charge in [-0.2, -0.15) is 13.2 Å². The predicted octanol–water partition coefficient (Wildman–Crippen LogP) is 4.68. The summed E-state index contributed by atoms with van der Waals surface area (Å²) in [6.45, 7) is 1.87. The molecule has 0 saturated carbocycles. The fraction of sp³-hybridized carbons (Fsp3) is 0.333. The number of benzene rings is 1. The van der Waals surface area contributed by atoms with Crippen LogP contribution in [-0.2, 0) is 15.8 Å². The van der Waals surface area contributed by atoms with E-state index in [2.05, 4.69) is 20.8 Å². The largest absolute Gasteiger partial charge is 0.416 e. The number of nitrogens with one attached hydrogen (secondary N) is 2. The van der Waals surface area contributed by atoms with Crippen LogP contribution in [-0.4, -0.2) is 27.8 Å². The van der Waals surface area contributed by atoms with Crippen LogP contribution in [0, 0.1) is 0 Å². The number of thioether (sulfide) groups is 1. The Kier molecular flexibility index (Phi) is 7.45. The van der Waals surface area contributed by atoms with Crippen molar-refractivity contribution in [2.24, 2.45) is 0 Å². The fourth-order valence-corrected chi connectivity index (χ4v) is 3.57. The molecule has 0 spiro atoms. The van der Waals surface area contributed by atoms with Gasteiger partial charge >= 0.3 is 6.18 Å².